The first-order valence-electron chi connectivity index (χ1n) is 7.13. The quantitative estimate of drug-likeness (QED) is 0.869. The smallest absolute Gasteiger partial charge is 0.123 e. The third-order valence-electron chi connectivity index (χ3n) is 3.78. The molecule has 0 bridgehead atoms. The summed E-state index contributed by atoms with van der Waals surface area (Å²) in [6, 6.07) is 8.42. The third-order valence-corrected chi connectivity index (χ3v) is 4.58. The molecule has 1 aliphatic heterocycles. The van der Waals surface area contributed by atoms with Crippen molar-refractivity contribution in [3.63, 3.8) is 0 Å². The fourth-order valence-electron chi connectivity index (χ4n) is 2.69. The van der Waals surface area contributed by atoms with Gasteiger partial charge in [-0.1, -0.05) is 18.2 Å². The SMILES string of the molecule is COc1ccccc1CN1CCOC[C@H]1c1csc(C)n1. The van der Waals surface area contributed by atoms with E-state index in [2.05, 4.69) is 27.4 Å². The van der Waals surface area contributed by atoms with Crippen molar-refractivity contribution < 1.29 is 9.47 Å². The van der Waals surface area contributed by atoms with Crippen LogP contribution in [0.1, 0.15) is 22.3 Å². The van der Waals surface area contributed by atoms with Crippen molar-refractivity contribution in [1.82, 2.24) is 9.88 Å². The molecule has 0 unspecified atom stereocenters. The highest BCUT2D eigenvalue weighted by atomic mass is 32.1. The van der Waals surface area contributed by atoms with Crippen molar-refractivity contribution in [2.24, 2.45) is 0 Å². The number of ether oxygens (including phenoxy) is 2. The molecule has 0 spiro atoms. The van der Waals surface area contributed by atoms with Gasteiger partial charge >= 0.3 is 0 Å². The standard InChI is InChI=1S/C16H20N2O2S/c1-12-17-14(11-21-12)15-10-20-8-7-18(15)9-13-5-3-4-6-16(13)19-2/h3-6,11,15H,7-10H2,1-2H3/t15-/m0/s1. The summed E-state index contributed by atoms with van der Waals surface area (Å²) in [4.78, 5) is 7.06. The van der Waals surface area contributed by atoms with Crippen LogP contribution in [-0.4, -0.2) is 36.8 Å². The Hall–Kier alpha value is -1.43. The highest BCUT2D eigenvalue weighted by molar-refractivity contribution is 7.09. The molecule has 4 nitrogen and oxygen atoms in total. The van der Waals surface area contributed by atoms with E-state index in [0.29, 0.717) is 6.61 Å². The molecule has 1 atom stereocenters. The Bertz CT molecular complexity index is 599. The lowest BCUT2D eigenvalue weighted by Crippen LogP contribution is -2.39. The second-order valence-electron chi connectivity index (χ2n) is 5.16. The van der Waals surface area contributed by atoms with Crippen LogP contribution in [0, 0.1) is 6.92 Å². The molecule has 0 aliphatic carbocycles. The van der Waals surface area contributed by atoms with Gasteiger partial charge in [0.05, 0.1) is 37.1 Å². The highest BCUT2D eigenvalue weighted by Crippen LogP contribution is 2.29. The van der Waals surface area contributed by atoms with Gasteiger partial charge in [-0.05, 0) is 13.0 Å². The maximum absolute atomic E-state index is 5.66. The molecule has 3 rings (SSSR count). The molecule has 1 aliphatic rings. The van der Waals surface area contributed by atoms with E-state index in [4.69, 9.17) is 9.47 Å². The minimum absolute atomic E-state index is 0.230. The molecule has 21 heavy (non-hydrogen) atoms. The Kier molecular flexibility index (Phi) is 4.53. The first-order chi connectivity index (χ1) is 10.3. The zero-order chi connectivity index (χ0) is 14.7. The predicted octanol–water partition coefficient (Wildman–Crippen LogP) is 3.03. The van der Waals surface area contributed by atoms with E-state index in [1.54, 1.807) is 18.4 Å². The molecule has 0 radical (unpaired) electrons. The molecular formula is C16H20N2O2S. The van der Waals surface area contributed by atoms with Crippen LogP contribution in [0.4, 0.5) is 0 Å². The van der Waals surface area contributed by atoms with Crippen LogP contribution in [0.25, 0.3) is 0 Å². The van der Waals surface area contributed by atoms with Gasteiger partial charge < -0.3 is 9.47 Å². The van der Waals surface area contributed by atoms with Crippen LogP contribution in [-0.2, 0) is 11.3 Å². The van der Waals surface area contributed by atoms with Gasteiger partial charge in [0.2, 0.25) is 0 Å². The number of hydrogen-bond acceptors (Lipinski definition) is 5. The summed E-state index contributed by atoms with van der Waals surface area (Å²) in [6.07, 6.45) is 0. The Labute approximate surface area is 129 Å². The van der Waals surface area contributed by atoms with Crippen LogP contribution in [0.5, 0.6) is 5.75 Å². The van der Waals surface area contributed by atoms with E-state index in [1.807, 2.05) is 19.1 Å². The normalized spacial score (nSPS) is 19.6. The first-order valence-corrected chi connectivity index (χ1v) is 8.01. The van der Waals surface area contributed by atoms with Gasteiger partial charge in [-0.15, -0.1) is 11.3 Å². The van der Waals surface area contributed by atoms with E-state index < -0.39 is 0 Å². The molecule has 1 saturated heterocycles. The van der Waals surface area contributed by atoms with Crippen molar-refractivity contribution in [2.45, 2.75) is 19.5 Å². The van der Waals surface area contributed by atoms with Crippen LogP contribution in [0.15, 0.2) is 29.6 Å². The maximum atomic E-state index is 5.66. The second kappa shape index (κ2) is 6.56. The average molecular weight is 304 g/mol. The molecule has 1 aromatic carbocycles. The highest BCUT2D eigenvalue weighted by Gasteiger charge is 2.27. The number of para-hydroxylation sites is 1. The number of rotatable bonds is 4. The summed E-state index contributed by atoms with van der Waals surface area (Å²) >= 11 is 1.70. The van der Waals surface area contributed by atoms with E-state index in [1.165, 1.54) is 5.56 Å². The molecular weight excluding hydrogens is 284 g/mol. The zero-order valence-electron chi connectivity index (χ0n) is 12.4. The van der Waals surface area contributed by atoms with Gasteiger partial charge in [0, 0.05) is 24.0 Å². The van der Waals surface area contributed by atoms with Gasteiger partial charge in [-0.25, -0.2) is 4.98 Å². The first kappa shape index (κ1) is 14.5. The molecule has 0 N–H and O–H groups in total. The molecule has 0 amide bonds. The van der Waals surface area contributed by atoms with Gasteiger partial charge in [0.1, 0.15) is 5.75 Å². The zero-order valence-corrected chi connectivity index (χ0v) is 13.2. The number of methoxy groups -OCH3 is 1. The minimum atomic E-state index is 0.230. The predicted molar refractivity (Wildman–Crippen MR) is 83.8 cm³/mol. The Balaban J connectivity index is 1.81. The Morgan fingerprint density at radius 3 is 3.05 bits per heavy atom. The fourth-order valence-corrected chi connectivity index (χ4v) is 3.34. The van der Waals surface area contributed by atoms with Gasteiger partial charge in [0.15, 0.2) is 0 Å². The molecule has 2 aromatic rings. The molecule has 112 valence electrons. The summed E-state index contributed by atoms with van der Waals surface area (Å²) in [5.74, 6) is 0.942. The molecule has 2 heterocycles. The van der Waals surface area contributed by atoms with E-state index in [9.17, 15) is 0 Å². The summed E-state index contributed by atoms with van der Waals surface area (Å²) < 4.78 is 11.1. The van der Waals surface area contributed by atoms with Crippen LogP contribution >= 0.6 is 11.3 Å². The Morgan fingerprint density at radius 1 is 1.43 bits per heavy atom. The number of hydrogen-bond donors (Lipinski definition) is 0. The van der Waals surface area contributed by atoms with Crippen molar-refractivity contribution in [3.8, 4) is 5.75 Å². The third kappa shape index (κ3) is 3.26. The summed E-state index contributed by atoms with van der Waals surface area (Å²) in [5.41, 5.74) is 2.32. The van der Waals surface area contributed by atoms with Gasteiger partial charge in [-0.3, -0.25) is 4.90 Å². The fraction of sp³-hybridized carbons (Fsp3) is 0.438. The van der Waals surface area contributed by atoms with Crippen LogP contribution in [0.3, 0.4) is 0 Å². The van der Waals surface area contributed by atoms with Crippen LogP contribution in [0.2, 0.25) is 0 Å². The van der Waals surface area contributed by atoms with Crippen molar-refractivity contribution in [2.75, 3.05) is 26.9 Å². The largest absolute Gasteiger partial charge is 0.496 e. The lowest BCUT2D eigenvalue weighted by molar-refractivity contribution is -0.0143. The molecule has 5 heteroatoms. The maximum Gasteiger partial charge on any atom is 0.123 e. The summed E-state index contributed by atoms with van der Waals surface area (Å²) in [6.45, 7) is 5.30. The van der Waals surface area contributed by atoms with Gasteiger partial charge in [-0.2, -0.15) is 0 Å². The number of aromatic nitrogens is 1. The lowest BCUT2D eigenvalue weighted by atomic mass is 10.1. The molecule has 0 saturated carbocycles. The topological polar surface area (TPSA) is 34.6 Å². The number of aryl methyl sites for hydroxylation is 1. The second-order valence-corrected chi connectivity index (χ2v) is 6.23. The number of nitrogens with zero attached hydrogens (tertiary/aromatic N) is 2. The lowest BCUT2D eigenvalue weighted by Gasteiger charge is -2.34. The number of morpholine rings is 1. The minimum Gasteiger partial charge on any atom is -0.496 e. The monoisotopic (exact) mass is 304 g/mol. The van der Waals surface area contributed by atoms with Crippen LogP contribution < -0.4 is 4.74 Å². The molecule has 1 aromatic heterocycles. The van der Waals surface area contributed by atoms with E-state index in [0.717, 1.165) is 36.1 Å². The summed E-state index contributed by atoms with van der Waals surface area (Å²) in [5, 5.41) is 3.25. The van der Waals surface area contributed by atoms with Crippen molar-refractivity contribution >= 4 is 11.3 Å². The number of thiazole rings is 1. The number of benzene rings is 1. The van der Waals surface area contributed by atoms with E-state index in [-0.39, 0.29) is 6.04 Å². The summed E-state index contributed by atoms with van der Waals surface area (Å²) in [7, 11) is 1.72. The van der Waals surface area contributed by atoms with E-state index >= 15 is 0 Å². The van der Waals surface area contributed by atoms with Gasteiger partial charge in [0.25, 0.3) is 0 Å². The van der Waals surface area contributed by atoms with Crippen molar-refractivity contribution in [3.05, 3.63) is 45.9 Å². The van der Waals surface area contributed by atoms with Crippen molar-refractivity contribution in [1.29, 1.82) is 0 Å². The molecule has 1 fully saturated rings. The Morgan fingerprint density at radius 2 is 2.29 bits per heavy atom. The average Bonchev–Trinajstić information content (AvgIpc) is 2.95.